The molecule has 0 fully saturated rings. The van der Waals surface area contributed by atoms with Gasteiger partial charge in [0.15, 0.2) is 0 Å². The van der Waals surface area contributed by atoms with Crippen LogP contribution in [0.2, 0.25) is 5.15 Å². The van der Waals surface area contributed by atoms with Gasteiger partial charge in [0.1, 0.15) is 10.9 Å². The lowest BCUT2D eigenvalue weighted by atomic mass is 10.2. The van der Waals surface area contributed by atoms with Gasteiger partial charge in [-0.1, -0.05) is 37.1 Å². The van der Waals surface area contributed by atoms with Crippen molar-refractivity contribution in [1.82, 2.24) is 4.98 Å². The summed E-state index contributed by atoms with van der Waals surface area (Å²) in [4.78, 5) is 16.1. The molecule has 4 nitrogen and oxygen atoms in total. The largest absolute Gasteiger partial charge is 0.491 e. The highest BCUT2D eigenvalue weighted by Gasteiger charge is 2.13. The van der Waals surface area contributed by atoms with Crippen LogP contribution in [-0.4, -0.2) is 17.5 Å². The Hall–Kier alpha value is -2.07. The molecule has 5 heteroatoms. The van der Waals surface area contributed by atoms with Gasteiger partial charge in [0.25, 0.3) is 5.91 Å². The number of unbranched alkanes of at least 4 members (excludes halogenated alkanes) is 1. The van der Waals surface area contributed by atoms with Crippen molar-refractivity contribution in [3.63, 3.8) is 0 Å². The summed E-state index contributed by atoms with van der Waals surface area (Å²) >= 11 is 5.92. The van der Waals surface area contributed by atoms with Crippen LogP contribution in [-0.2, 0) is 0 Å². The van der Waals surface area contributed by atoms with Gasteiger partial charge >= 0.3 is 0 Å². The molecule has 0 aliphatic rings. The van der Waals surface area contributed by atoms with E-state index < -0.39 is 0 Å². The number of anilines is 1. The molecule has 1 aromatic heterocycles. The third-order valence-corrected chi connectivity index (χ3v) is 3.20. The normalized spacial score (nSPS) is 10.2. The highest BCUT2D eigenvalue weighted by Crippen LogP contribution is 2.25. The fourth-order valence-electron chi connectivity index (χ4n) is 1.77. The molecule has 1 amide bonds. The number of hydrogen-bond donors (Lipinski definition) is 1. The molecule has 21 heavy (non-hydrogen) atoms. The molecule has 1 heterocycles. The quantitative estimate of drug-likeness (QED) is 0.644. The predicted octanol–water partition coefficient (Wildman–Crippen LogP) is 4.17. The van der Waals surface area contributed by atoms with Gasteiger partial charge in [-0.15, -0.1) is 0 Å². The summed E-state index contributed by atoms with van der Waals surface area (Å²) in [5.74, 6) is 0.346. The van der Waals surface area contributed by atoms with E-state index >= 15 is 0 Å². The standard InChI is InChI=1S/C16H17ClN2O2/c1-2-3-11-21-14-9-5-4-8-13(14)19-16(20)12-7-6-10-18-15(12)17/h4-10H,2-3,11H2,1H3,(H,19,20). The van der Waals surface area contributed by atoms with E-state index in [4.69, 9.17) is 16.3 Å². The van der Waals surface area contributed by atoms with Gasteiger partial charge < -0.3 is 10.1 Å². The zero-order valence-electron chi connectivity index (χ0n) is 11.8. The second kappa shape index (κ2) is 7.64. The monoisotopic (exact) mass is 304 g/mol. The fourth-order valence-corrected chi connectivity index (χ4v) is 1.97. The number of ether oxygens (including phenoxy) is 1. The van der Waals surface area contributed by atoms with Crippen LogP contribution in [0.4, 0.5) is 5.69 Å². The molecule has 0 saturated carbocycles. The first-order chi connectivity index (χ1) is 10.2. The van der Waals surface area contributed by atoms with E-state index in [9.17, 15) is 4.79 Å². The van der Waals surface area contributed by atoms with Gasteiger partial charge in [-0.3, -0.25) is 4.79 Å². The number of carbonyl (C=O) groups is 1. The van der Waals surface area contributed by atoms with E-state index in [-0.39, 0.29) is 11.1 Å². The van der Waals surface area contributed by atoms with E-state index in [0.29, 0.717) is 23.6 Å². The predicted molar refractivity (Wildman–Crippen MR) is 84.0 cm³/mol. The average molecular weight is 305 g/mol. The molecule has 110 valence electrons. The summed E-state index contributed by atoms with van der Waals surface area (Å²) in [7, 11) is 0. The van der Waals surface area contributed by atoms with Crippen molar-refractivity contribution in [3.8, 4) is 5.75 Å². The first-order valence-corrected chi connectivity index (χ1v) is 7.24. The van der Waals surface area contributed by atoms with E-state index in [2.05, 4.69) is 17.2 Å². The lowest BCUT2D eigenvalue weighted by Crippen LogP contribution is -2.14. The summed E-state index contributed by atoms with van der Waals surface area (Å²) < 4.78 is 5.68. The van der Waals surface area contributed by atoms with Gasteiger partial charge in [0, 0.05) is 6.20 Å². The molecular weight excluding hydrogens is 288 g/mol. The Morgan fingerprint density at radius 1 is 1.29 bits per heavy atom. The number of pyridine rings is 1. The summed E-state index contributed by atoms with van der Waals surface area (Å²) in [6.45, 7) is 2.72. The van der Waals surface area contributed by atoms with Crippen molar-refractivity contribution in [1.29, 1.82) is 0 Å². The number of amides is 1. The number of nitrogens with zero attached hydrogens (tertiary/aromatic N) is 1. The molecule has 2 rings (SSSR count). The lowest BCUT2D eigenvalue weighted by Gasteiger charge is -2.12. The first-order valence-electron chi connectivity index (χ1n) is 6.86. The Kier molecular flexibility index (Phi) is 5.58. The van der Waals surface area contributed by atoms with E-state index in [1.807, 2.05) is 18.2 Å². The smallest absolute Gasteiger partial charge is 0.258 e. The van der Waals surface area contributed by atoms with Crippen molar-refractivity contribution in [2.45, 2.75) is 19.8 Å². The van der Waals surface area contributed by atoms with Crippen LogP contribution in [0.3, 0.4) is 0 Å². The molecule has 0 atom stereocenters. The fraction of sp³-hybridized carbons (Fsp3) is 0.250. The highest BCUT2D eigenvalue weighted by atomic mass is 35.5. The van der Waals surface area contributed by atoms with Crippen LogP contribution in [0.25, 0.3) is 0 Å². The minimum atomic E-state index is -0.306. The third kappa shape index (κ3) is 4.20. The number of para-hydroxylation sites is 2. The maximum atomic E-state index is 12.2. The Morgan fingerprint density at radius 2 is 2.10 bits per heavy atom. The maximum Gasteiger partial charge on any atom is 0.258 e. The molecule has 0 aliphatic heterocycles. The highest BCUT2D eigenvalue weighted by molar-refractivity contribution is 6.33. The van der Waals surface area contributed by atoms with E-state index in [1.165, 1.54) is 0 Å². The van der Waals surface area contributed by atoms with Crippen LogP contribution >= 0.6 is 11.6 Å². The minimum absolute atomic E-state index is 0.180. The van der Waals surface area contributed by atoms with Crippen molar-refractivity contribution >= 4 is 23.2 Å². The molecule has 2 aromatic rings. The van der Waals surface area contributed by atoms with Crippen molar-refractivity contribution in [2.75, 3.05) is 11.9 Å². The zero-order chi connectivity index (χ0) is 15.1. The van der Waals surface area contributed by atoms with Gasteiger partial charge in [0.05, 0.1) is 17.9 Å². The third-order valence-electron chi connectivity index (χ3n) is 2.89. The first kappa shape index (κ1) is 15.3. The maximum absolute atomic E-state index is 12.2. The number of nitrogens with one attached hydrogen (secondary N) is 1. The Labute approximate surface area is 129 Å². The Morgan fingerprint density at radius 3 is 2.86 bits per heavy atom. The van der Waals surface area contributed by atoms with Crippen LogP contribution in [0.15, 0.2) is 42.6 Å². The van der Waals surface area contributed by atoms with Crippen molar-refractivity contribution < 1.29 is 9.53 Å². The summed E-state index contributed by atoms with van der Waals surface area (Å²) in [6.07, 6.45) is 3.57. The molecule has 0 aliphatic carbocycles. The molecule has 0 bridgehead atoms. The molecule has 1 aromatic carbocycles. The second-order valence-electron chi connectivity index (χ2n) is 4.49. The molecular formula is C16H17ClN2O2. The molecule has 0 saturated heterocycles. The van der Waals surface area contributed by atoms with E-state index in [0.717, 1.165) is 12.8 Å². The lowest BCUT2D eigenvalue weighted by molar-refractivity contribution is 0.102. The Balaban J connectivity index is 2.12. The van der Waals surface area contributed by atoms with Crippen molar-refractivity contribution in [2.24, 2.45) is 0 Å². The van der Waals surface area contributed by atoms with Crippen LogP contribution < -0.4 is 10.1 Å². The number of aromatic nitrogens is 1. The topological polar surface area (TPSA) is 51.2 Å². The number of rotatable bonds is 6. The molecule has 1 N–H and O–H groups in total. The minimum Gasteiger partial charge on any atom is -0.491 e. The zero-order valence-corrected chi connectivity index (χ0v) is 12.6. The average Bonchev–Trinajstić information content (AvgIpc) is 2.49. The van der Waals surface area contributed by atoms with Gasteiger partial charge in [-0.05, 0) is 30.7 Å². The van der Waals surface area contributed by atoms with Crippen LogP contribution in [0, 0.1) is 0 Å². The number of halogens is 1. The number of carbonyl (C=O) groups excluding carboxylic acids is 1. The number of hydrogen-bond acceptors (Lipinski definition) is 3. The molecule has 0 unspecified atom stereocenters. The second-order valence-corrected chi connectivity index (χ2v) is 4.85. The summed E-state index contributed by atoms with van der Waals surface area (Å²) in [5, 5.41) is 2.99. The van der Waals surface area contributed by atoms with E-state index in [1.54, 1.807) is 24.4 Å². The van der Waals surface area contributed by atoms with Gasteiger partial charge in [0.2, 0.25) is 0 Å². The van der Waals surface area contributed by atoms with Crippen LogP contribution in [0.1, 0.15) is 30.1 Å². The van der Waals surface area contributed by atoms with Crippen LogP contribution in [0.5, 0.6) is 5.75 Å². The van der Waals surface area contributed by atoms with Gasteiger partial charge in [-0.2, -0.15) is 0 Å². The summed E-state index contributed by atoms with van der Waals surface area (Å²) in [5.41, 5.74) is 0.959. The summed E-state index contributed by atoms with van der Waals surface area (Å²) in [6, 6.07) is 10.6. The Bertz CT molecular complexity index is 617. The molecule has 0 radical (unpaired) electrons. The SMILES string of the molecule is CCCCOc1ccccc1NC(=O)c1cccnc1Cl. The van der Waals surface area contributed by atoms with Crippen molar-refractivity contribution in [3.05, 3.63) is 53.3 Å². The molecule has 0 spiro atoms. The number of benzene rings is 1. The van der Waals surface area contributed by atoms with Gasteiger partial charge in [-0.25, -0.2) is 4.98 Å².